The predicted molar refractivity (Wildman–Crippen MR) is 66.4 cm³/mol. The summed E-state index contributed by atoms with van der Waals surface area (Å²) in [5, 5.41) is 18.9. The minimum atomic E-state index is -0.842. The van der Waals surface area contributed by atoms with Crippen LogP contribution in [0.1, 0.15) is 17.4 Å². The van der Waals surface area contributed by atoms with E-state index in [9.17, 15) is 5.11 Å². The molecular weight excluding hydrogens is 256 g/mol. The molecule has 7 heteroatoms. The van der Waals surface area contributed by atoms with Gasteiger partial charge in [0.2, 0.25) is 0 Å². The van der Waals surface area contributed by atoms with Crippen molar-refractivity contribution in [2.75, 3.05) is 13.7 Å². The van der Waals surface area contributed by atoms with E-state index < -0.39 is 6.10 Å². The van der Waals surface area contributed by atoms with Crippen LogP contribution in [0.5, 0.6) is 0 Å². The van der Waals surface area contributed by atoms with Crippen LogP contribution in [-0.4, -0.2) is 38.4 Å². The molecule has 18 heavy (non-hydrogen) atoms. The molecule has 1 unspecified atom stereocenters. The Hall–Kier alpha value is -1.37. The second-order valence-electron chi connectivity index (χ2n) is 3.94. The van der Waals surface area contributed by atoms with Crippen molar-refractivity contribution in [1.29, 1.82) is 0 Å². The van der Waals surface area contributed by atoms with E-state index in [0.29, 0.717) is 29.4 Å². The number of aryl methyl sites for hydroxylation is 1. The molecule has 0 aliphatic carbocycles. The lowest BCUT2D eigenvalue weighted by atomic mass is 10.1. The Kier molecular flexibility index (Phi) is 4.00. The second-order valence-corrected chi connectivity index (χ2v) is 4.35. The molecule has 2 rings (SSSR count). The zero-order chi connectivity index (χ0) is 13.1. The van der Waals surface area contributed by atoms with Crippen LogP contribution in [0.15, 0.2) is 18.6 Å². The summed E-state index contributed by atoms with van der Waals surface area (Å²) in [6.07, 6.45) is 4.03. The average molecular weight is 271 g/mol. The van der Waals surface area contributed by atoms with Crippen LogP contribution in [0.4, 0.5) is 0 Å². The van der Waals surface area contributed by atoms with Crippen molar-refractivity contribution in [1.82, 2.24) is 19.6 Å². The number of nitrogens with zero attached hydrogens (tertiary/aromatic N) is 4. The lowest BCUT2D eigenvalue weighted by molar-refractivity contribution is 0.171. The Bertz CT molecular complexity index is 523. The van der Waals surface area contributed by atoms with Crippen LogP contribution in [0.3, 0.4) is 0 Å². The summed E-state index contributed by atoms with van der Waals surface area (Å²) < 4.78 is 8.27. The first kappa shape index (κ1) is 13.1. The topological polar surface area (TPSA) is 65.1 Å². The van der Waals surface area contributed by atoms with Gasteiger partial charge in [-0.15, -0.1) is 0 Å². The second kappa shape index (κ2) is 5.51. The highest BCUT2D eigenvalue weighted by Crippen LogP contribution is 2.27. The van der Waals surface area contributed by atoms with Gasteiger partial charge in [-0.1, -0.05) is 11.6 Å². The minimum absolute atomic E-state index is 0.433. The summed E-state index contributed by atoms with van der Waals surface area (Å²) in [5.74, 6) is 0. The van der Waals surface area contributed by atoms with E-state index in [1.807, 2.05) is 0 Å². The molecule has 0 aromatic carbocycles. The Labute approximate surface area is 110 Å². The highest BCUT2D eigenvalue weighted by molar-refractivity contribution is 6.31. The average Bonchev–Trinajstić information content (AvgIpc) is 2.92. The van der Waals surface area contributed by atoms with Crippen molar-refractivity contribution in [3.05, 3.63) is 34.9 Å². The molecule has 0 radical (unpaired) electrons. The van der Waals surface area contributed by atoms with Gasteiger partial charge < -0.3 is 9.84 Å². The maximum absolute atomic E-state index is 10.3. The van der Waals surface area contributed by atoms with Gasteiger partial charge in [-0.25, -0.2) is 0 Å². The third-order valence-electron chi connectivity index (χ3n) is 2.64. The first-order valence-electron chi connectivity index (χ1n) is 5.50. The number of hydrogen-bond acceptors (Lipinski definition) is 4. The van der Waals surface area contributed by atoms with Crippen LogP contribution >= 0.6 is 11.6 Å². The maximum atomic E-state index is 10.3. The molecule has 1 N–H and O–H groups in total. The van der Waals surface area contributed by atoms with Gasteiger partial charge in [-0.2, -0.15) is 10.2 Å². The number of aliphatic hydroxyl groups excluding tert-OH is 1. The summed E-state index contributed by atoms with van der Waals surface area (Å²) in [5.41, 5.74) is 1.24. The molecule has 98 valence electrons. The molecule has 0 saturated heterocycles. The van der Waals surface area contributed by atoms with Crippen molar-refractivity contribution in [3.8, 4) is 0 Å². The highest BCUT2D eigenvalue weighted by Gasteiger charge is 2.20. The lowest BCUT2D eigenvalue weighted by Gasteiger charge is -2.12. The molecule has 1 atom stereocenters. The van der Waals surface area contributed by atoms with Gasteiger partial charge in [0.25, 0.3) is 0 Å². The lowest BCUT2D eigenvalue weighted by Crippen LogP contribution is -2.13. The Morgan fingerprint density at radius 1 is 1.44 bits per heavy atom. The van der Waals surface area contributed by atoms with Crippen molar-refractivity contribution >= 4 is 11.6 Å². The van der Waals surface area contributed by atoms with Crippen molar-refractivity contribution in [3.63, 3.8) is 0 Å². The summed E-state index contributed by atoms with van der Waals surface area (Å²) in [7, 11) is 3.41. The van der Waals surface area contributed by atoms with Gasteiger partial charge >= 0.3 is 0 Å². The molecule has 2 aromatic heterocycles. The monoisotopic (exact) mass is 270 g/mol. The quantitative estimate of drug-likeness (QED) is 0.880. The first-order chi connectivity index (χ1) is 8.63. The zero-order valence-corrected chi connectivity index (χ0v) is 11.0. The zero-order valence-electron chi connectivity index (χ0n) is 10.2. The third kappa shape index (κ3) is 2.55. The Morgan fingerprint density at radius 3 is 2.83 bits per heavy atom. The Morgan fingerprint density at radius 2 is 2.22 bits per heavy atom. The number of aliphatic hydroxyl groups is 1. The number of rotatable bonds is 5. The van der Waals surface area contributed by atoms with Gasteiger partial charge in [0.15, 0.2) is 0 Å². The van der Waals surface area contributed by atoms with E-state index in [1.54, 1.807) is 35.9 Å². The van der Waals surface area contributed by atoms with Crippen molar-refractivity contribution < 1.29 is 9.84 Å². The molecule has 0 aliphatic heterocycles. The summed E-state index contributed by atoms with van der Waals surface area (Å²) in [6, 6.07) is 0. The summed E-state index contributed by atoms with van der Waals surface area (Å²) in [4.78, 5) is 0. The minimum Gasteiger partial charge on any atom is -0.383 e. The molecule has 0 saturated carbocycles. The number of halogens is 1. The van der Waals surface area contributed by atoms with Crippen molar-refractivity contribution in [2.24, 2.45) is 7.05 Å². The van der Waals surface area contributed by atoms with E-state index in [1.165, 1.54) is 6.20 Å². The molecule has 6 nitrogen and oxygen atoms in total. The van der Waals surface area contributed by atoms with Crippen LogP contribution < -0.4 is 0 Å². The predicted octanol–water partition coefficient (Wildman–Crippen LogP) is 0.998. The van der Waals surface area contributed by atoms with E-state index >= 15 is 0 Å². The van der Waals surface area contributed by atoms with Crippen LogP contribution in [-0.2, 0) is 18.3 Å². The van der Waals surface area contributed by atoms with Crippen LogP contribution in [0.2, 0.25) is 5.02 Å². The maximum Gasteiger partial charge on any atom is 0.125 e. The first-order valence-corrected chi connectivity index (χ1v) is 5.88. The van der Waals surface area contributed by atoms with Gasteiger partial charge in [-0.3, -0.25) is 9.36 Å². The molecular formula is C11H15ClN4O2. The Balaban J connectivity index is 2.28. The standard InChI is InChI=1S/C11H15ClN4O2/c1-15-7-8(5-13-15)11(17)10-9(12)6-14-16(10)3-4-18-2/h5-7,11,17H,3-4H2,1-2H3. The normalized spacial score (nSPS) is 12.9. The van der Waals surface area contributed by atoms with E-state index in [2.05, 4.69) is 10.2 Å². The van der Waals surface area contributed by atoms with Gasteiger partial charge in [0, 0.05) is 25.9 Å². The van der Waals surface area contributed by atoms with Crippen LogP contribution in [0, 0.1) is 0 Å². The number of ether oxygens (including phenoxy) is 1. The molecule has 0 aliphatic rings. The molecule has 2 heterocycles. The van der Waals surface area contributed by atoms with E-state index in [4.69, 9.17) is 16.3 Å². The third-order valence-corrected chi connectivity index (χ3v) is 2.93. The number of hydrogen-bond donors (Lipinski definition) is 1. The van der Waals surface area contributed by atoms with E-state index in [0.717, 1.165) is 0 Å². The smallest absolute Gasteiger partial charge is 0.125 e. The van der Waals surface area contributed by atoms with Crippen LogP contribution in [0.25, 0.3) is 0 Å². The van der Waals surface area contributed by atoms with Gasteiger partial charge in [0.05, 0.1) is 36.3 Å². The molecule has 0 amide bonds. The SMILES string of the molecule is COCCn1ncc(Cl)c1C(O)c1cnn(C)c1. The molecule has 0 fully saturated rings. The fourth-order valence-corrected chi connectivity index (χ4v) is 1.98. The molecule has 2 aromatic rings. The molecule has 0 spiro atoms. The fourth-order valence-electron chi connectivity index (χ4n) is 1.74. The van der Waals surface area contributed by atoms with Gasteiger partial charge in [-0.05, 0) is 0 Å². The summed E-state index contributed by atoms with van der Waals surface area (Å²) >= 11 is 6.06. The largest absolute Gasteiger partial charge is 0.383 e. The van der Waals surface area contributed by atoms with Crippen molar-refractivity contribution in [2.45, 2.75) is 12.6 Å². The molecule has 0 bridgehead atoms. The number of aromatic nitrogens is 4. The highest BCUT2D eigenvalue weighted by atomic mass is 35.5. The van der Waals surface area contributed by atoms with Gasteiger partial charge in [0.1, 0.15) is 6.10 Å². The summed E-state index contributed by atoms with van der Waals surface area (Å²) in [6.45, 7) is 1.04. The fraction of sp³-hybridized carbons (Fsp3) is 0.455. The number of methoxy groups -OCH3 is 1. The van der Waals surface area contributed by atoms with E-state index in [-0.39, 0.29) is 0 Å².